The Bertz CT molecular complexity index is 671. The van der Waals surface area contributed by atoms with E-state index in [0.29, 0.717) is 0 Å². The van der Waals surface area contributed by atoms with Crippen molar-refractivity contribution < 1.29 is 0 Å². The summed E-state index contributed by atoms with van der Waals surface area (Å²) in [6, 6.07) is 13.0. The molecule has 0 atom stereocenters. The molecule has 0 bridgehead atoms. The molecule has 2 aromatic carbocycles. The van der Waals surface area contributed by atoms with E-state index in [0.717, 1.165) is 23.6 Å². The van der Waals surface area contributed by atoms with Gasteiger partial charge in [0.15, 0.2) is 0 Å². The molecular formula is C15H11NS. The molecule has 0 N–H and O–H groups in total. The van der Waals surface area contributed by atoms with E-state index in [4.69, 9.17) is 0 Å². The molecule has 0 saturated carbocycles. The Labute approximate surface area is 106 Å². The first kappa shape index (κ1) is 9.49. The molecule has 0 saturated heterocycles. The molecule has 1 aliphatic heterocycles. The predicted octanol–water partition coefficient (Wildman–Crippen LogP) is 3.77. The van der Waals surface area contributed by atoms with E-state index in [1.165, 1.54) is 27.8 Å². The van der Waals surface area contributed by atoms with Gasteiger partial charge in [0.25, 0.3) is 0 Å². The molecule has 0 radical (unpaired) electrons. The molecule has 1 heterocycles. The molecule has 0 fully saturated rings. The number of hydrogen-bond acceptors (Lipinski definition) is 1. The van der Waals surface area contributed by atoms with Crippen molar-refractivity contribution in [3.8, 4) is 11.1 Å². The molecule has 0 unspecified atom stereocenters. The maximum Gasteiger partial charge on any atom is 0.0753 e. The van der Waals surface area contributed by atoms with Crippen LogP contribution in [0.25, 0.3) is 11.1 Å². The average molecular weight is 237 g/mol. The fourth-order valence-corrected chi connectivity index (χ4v) is 3.18. The van der Waals surface area contributed by atoms with Gasteiger partial charge in [-0.3, -0.25) is 0 Å². The first-order valence-electron chi connectivity index (χ1n) is 5.82. The summed E-state index contributed by atoms with van der Waals surface area (Å²) in [5.74, 6) is 0. The third kappa shape index (κ3) is 1.25. The number of hydrogen-bond donors (Lipinski definition) is 1. The van der Waals surface area contributed by atoms with E-state index in [1.807, 2.05) is 0 Å². The first-order valence-corrected chi connectivity index (χ1v) is 6.27. The van der Waals surface area contributed by atoms with E-state index in [2.05, 4.69) is 54.0 Å². The fourth-order valence-electron chi connectivity index (χ4n) is 2.91. The molecule has 0 aromatic heterocycles. The molecule has 2 aromatic rings. The lowest BCUT2D eigenvalue weighted by Gasteiger charge is -2.07. The second kappa shape index (κ2) is 3.23. The van der Waals surface area contributed by atoms with Gasteiger partial charge in [0.05, 0.1) is 10.7 Å². The first-order chi connectivity index (χ1) is 8.33. The maximum absolute atomic E-state index is 4.48. The molecular weight excluding hydrogens is 226 g/mol. The van der Waals surface area contributed by atoms with Crippen LogP contribution in [0.4, 0.5) is 5.69 Å². The van der Waals surface area contributed by atoms with Crippen LogP contribution in [0.15, 0.2) is 41.4 Å². The van der Waals surface area contributed by atoms with Gasteiger partial charge in [-0.15, -0.1) is 12.6 Å². The highest BCUT2D eigenvalue weighted by Crippen LogP contribution is 2.44. The maximum atomic E-state index is 4.48. The van der Waals surface area contributed by atoms with Crippen LogP contribution in [0.2, 0.25) is 0 Å². The van der Waals surface area contributed by atoms with E-state index >= 15 is 0 Å². The number of rotatable bonds is 0. The summed E-state index contributed by atoms with van der Waals surface area (Å²) in [5.41, 5.74) is 8.12. The fraction of sp³-hybridized carbons (Fsp3) is 0.133. The van der Waals surface area contributed by atoms with Crippen molar-refractivity contribution in [2.24, 2.45) is 4.99 Å². The van der Waals surface area contributed by atoms with Gasteiger partial charge in [-0.25, -0.2) is 4.99 Å². The van der Waals surface area contributed by atoms with E-state index in [9.17, 15) is 0 Å². The van der Waals surface area contributed by atoms with Gasteiger partial charge in [-0.2, -0.15) is 0 Å². The second-order valence-electron chi connectivity index (χ2n) is 4.64. The lowest BCUT2D eigenvalue weighted by atomic mass is 9.97. The van der Waals surface area contributed by atoms with Crippen LogP contribution >= 0.6 is 12.6 Å². The van der Waals surface area contributed by atoms with Crippen molar-refractivity contribution in [3.05, 3.63) is 53.1 Å². The Morgan fingerprint density at radius 1 is 0.941 bits per heavy atom. The lowest BCUT2D eigenvalue weighted by Crippen LogP contribution is -1.90. The summed E-state index contributed by atoms with van der Waals surface area (Å²) in [7, 11) is 0. The third-order valence-corrected chi connectivity index (χ3v) is 3.88. The van der Waals surface area contributed by atoms with Gasteiger partial charge in [-0.1, -0.05) is 30.3 Å². The average Bonchev–Trinajstić information content (AvgIpc) is 2.87. The van der Waals surface area contributed by atoms with Gasteiger partial charge >= 0.3 is 0 Å². The number of aliphatic imine (C=N–C) groups is 1. The largest absolute Gasteiger partial charge is 0.246 e. The highest BCUT2D eigenvalue weighted by Gasteiger charge is 2.25. The number of nitrogens with zero attached hydrogens (tertiary/aromatic N) is 1. The van der Waals surface area contributed by atoms with Crippen molar-refractivity contribution in [1.29, 1.82) is 0 Å². The van der Waals surface area contributed by atoms with Gasteiger partial charge in [0, 0.05) is 6.42 Å². The highest BCUT2D eigenvalue weighted by atomic mass is 32.1. The molecule has 2 aliphatic rings. The van der Waals surface area contributed by atoms with E-state index < -0.39 is 0 Å². The second-order valence-corrected chi connectivity index (χ2v) is 5.15. The zero-order valence-electron chi connectivity index (χ0n) is 9.27. The van der Waals surface area contributed by atoms with Crippen LogP contribution in [-0.2, 0) is 12.8 Å². The highest BCUT2D eigenvalue weighted by molar-refractivity contribution is 7.97. The minimum atomic E-state index is 0.885. The Balaban J connectivity index is 2.03. The standard InChI is InChI=1S/C15H11NS/c17-14-8-12-13(16-14)6-5-10-7-9-3-1-2-4-11(9)15(10)12/h1-6H,7-8H2,(H,16,17). The minimum Gasteiger partial charge on any atom is -0.246 e. The lowest BCUT2D eigenvalue weighted by molar-refractivity contribution is 1.25. The summed E-state index contributed by atoms with van der Waals surface area (Å²) in [6.45, 7) is 0. The van der Waals surface area contributed by atoms with Gasteiger partial charge < -0.3 is 0 Å². The zero-order chi connectivity index (χ0) is 11.4. The summed E-state index contributed by atoms with van der Waals surface area (Å²) in [6.07, 6.45) is 1.94. The number of benzene rings is 2. The van der Waals surface area contributed by atoms with Crippen molar-refractivity contribution in [1.82, 2.24) is 0 Å². The molecule has 1 aliphatic carbocycles. The zero-order valence-corrected chi connectivity index (χ0v) is 10.2. The van der Waals surface area contributed by atoms with Crippen LogP contribution in [0.3, 0.4) is 0 Å². The predicted molar refractivity (Wildman–Crippen MR) is 74.5 cm³/mol. The van der Waals surface area contributed by atoms with Gasteiger partial charge in [0.1, 0.15) is 0 Å². The normalized spacial score (nSPS) is 15.2. The molecule has 0 spiro atoms. The SMILES string of the molecule is SC1=Nc2ccc3c(c2C1)-c1ccccc1C3. The minimum absolute atomic E-state index is 0.885. The van der Waals surface area contributed by atoms with Crippen molar-refractivity contribution >= 4 is 23.4 Å². The van der Waals surface area contributed by atoms with Crippen molar-refractivity contribution in [2.45, 2.75) is 12.8 Å². The molecule has 82 valence electrons. The number of fused-ring (bicyclic) bond motifs is 5. The van der Waals surface area contributed by atoms with E-state index in [-0.39, 0.29) is 0 Å². The summed E-state index contributed by atoms with van der Waals surface area (Å²) >= 11 is 4.40. The quantitative estimate of drug-likeness (QED) is 0.571. The van der Waals surface area contributed by atoms with Gasteiger partial charge in [0.2, 0.25) is 0 Å². The topological polar surface area (TPSA) is 12.4 Å². The van der Waals surface area contributed by atoms with Gasteiger partial charge in [-0.05, 0) is 40.3 Å². The summed E-state index contributed by atoms with van der Waals surface area (Å²) < 4.78 is 0. The molecule has 2 heteroatoms. The van der Waals surface area contributed by atoms with Crippen LogP contribution in [0.5, 0.6) is 0 Å². The Hall–Kier alpha value is -1.54. The Morgan fingerprint density at radius 2 is 1.82 bits per heavy atom. The van der Waals surface area contributed by atoms with Crippen LogP contribution in [0.1, 0.15) is 16.7 Å². The van der Waals surface area contributed by atoms with E-state index in [1.54, 1.807) is 0 Å². The molecule has 0 amide bonds. The Morgan fingerprint density at radius 3 is 2.76 bits per heavy atom. The Kier molecular flexibility index (Phi) is 1.80. The smallest absolute Gasteiger partial charge is 0.0753 e. The van der Waals surface area contributed by atoms with Crippen LogP contribution in [0, 0.1) is 0 Å². The third-order valence-electron chi connectivity index (χ3n) is 3.63. The van der Waals surface area contributed by atoms with Crippen LogP contribution < -0.4 is 0 Å². The van der Waals surface area contributed by atoms with Crippen molar-refractivity contribution in [3.63, 3.8) is 0 Å². The number of thiol groups is 1. The molecule has 17 heavy (non-hydrogen) atoms. The molecule has 4 rings (SSSR count). The van der Waals surface area contributed by atoms with Crippen molar-refractivity contribution in [2.75, 3.05) is 0 Å². The molecule has 1 nitrogen and oxygen atoms in total. The monoisotopic (exact) mass is 237 g/mol. The summed E-state index contributed by atoms with van der Waals surface area (Å²) in [5, 5.41) is 0.929. The van der Waals surface area contributed by atoms with Crippen LogP contribution in [-0.4, -0.2) is 5.04 Å². The summed E-state index contributed by atoms with van der Waals surface area (Å²) in [4.78, 5) is 4.48.